The third-order valence-electron chi connectivity index (χ3n) is 2.75. The van der Waals surface area contributed by atoms with Crippen LogP contribution in [-0.2, 0) is 10.2 Å². The Morgan fingerprint density at radius 1 is 1.44 bits per heavy atom. The zero-order valence-electron chi connectivity index (χ0n) is 9.44. The molecule has 84 valence electrons. The van der Waals surface area contributed by atoms with Crippen molar-refractivity contribution in [2.75, 3.05) is 0 Å². The van der Waals surface area contributed by atoms with Gasteiger partial charge in [-0.3, -0.25) is 4.79 Å². The second kappa shape index (κ2) is 3.56. The van der Waals surface area contributed by atoms with E-state index in [1.807, 2.05) is 25.1 Å². The monoisotopic (exact) mass is 235 g/mol. The maximum Gasteiger partial charge on any atom is 0.313 e. The van der Waals surface area contributed by atoms with E-state index in [0.717, 1.165) is 20.8 Å². The molecule has 0 bridgehead atoms. The van der Waals surface area contributed by atoms with Gasteiger partial charge in [0.1, 0.15) is 0 Å². The van der Waals surface area contributed by atoms with Gasteiger partial charge in [0, 0.05) is 0 Å². The number of carbonyl (C=O) groups is 1. The molecule has 0 saturated heterocycles. The number of hydrogen-bond donors (Lipinski definition) is 1. The summed E-state index contributed by atoms with van der Waals surface area (Å²) in [5.41, 5.74) is 0.804. The van der Waals surface area contributed by atoms with Gasteiger partial charge in [-0.15, -0.1) is 11.3 Å². The SMILES string of the molecule is Cc1nc2cc(C(C)(C)C(=O)O)ccc2s1. The number of aryl methyl sites for hydroxylation is 1. The summed E-state index contributed by atoms with van der Waals surface area (Å²) in [6, 6.07) is 5.68. The van der Waals surface area contributed by atoms with Crippen LogP contribution in [0.3, 0.4) is 0 Å². The van der Waals surface area contributed by atoms with Gasteiger partial charge in [-0.2, -0.15) is 0 Å². The molecule has 2 aromatic rings. The third kappa shape index (κ3) is 1.69. The molecule has 0 aliphatic rings. The maximum atomic E-state index is 11.1. The van der Waals surface area contributed by atoms with Crippen LogP contribution >= 0.6 is 11.3 Å². The fraction of sp³-hybridized carbons (Fsp3) is 0.333. The van der Waals surface area contributed by atoms with Crippen molar-refractivity contribution in [2.24, 2.45) is 0 Å². The zero-order chi connectivity index (χ0) is 11.9. The first-order chi connectivity index (χ1) is 7.41. The van der Waals surface area contributed by atoms with E-state index >= 15 is 0 Å². The number of rotatable bonds is 2. The molecule has 0 fully saturated rings. The quantitative estimate of drug-likeness (QED) is 0.870. The molecule has 0 radical (unpaired) electrons. The Labute approximate surface area is 97.8 Å². The number of thiazole rings is 1. The summed E-state index contributed by atoms with van der Waals surface area (Å²) >= 11 is 1.62. The van der Waals surface area contributed by atoms with Gasteiger partial charge in [-0.25, -0.2) is 4.98 Å². The molecule has 0 spiro atoms. The van der Waals surface area contributed by atoms with Gasteiger partial charge in [-0.05, 0) is 38.5 Å². The lowest BCUT2D eigenvalue weighted by atomic mass is 9.85. The molecular weight excluding hydrogens is 222 g/mol. The van der Waals surface area contributed by atoms with Crippen molar-refractivity contribution in [2.45, 2.75) is 26.2 Å². The zero-order valence-corrected chi connectivity index (χ0v) is 10.3. The molecule has 1 aromatic carbocycles. The van der Waals surface area contributed by atoms with Gasteiger partial charge in [0.2, 0.25) is 0 Å². The molecule has 0 aliphatic carbocycles. The average molecular weight is 235 g/mol. The topological polar surface area (TPSA) is 50.2 Å². The minimum Gasteiger partial charge on any atom is -0.481 e. The van der Waals surface area contributed by atoms with E-state index in [1.54, 1.807) is 25.2 Å². The Kier molecular flexibility index (Phi) is 2.46. The van der Waals surface area contributed by atoms with Crippen molar-refractivity contribution >= 4 is 27.5 Å². The van der Waals surface area contributed by atoms with E-state index in [2.05, 4.69) is 4.98 Å². The number of hydrogen-bond acceptors (Lipinski definition) is 3. The largest absolute Gasteiger partial charge is 0.481 e. The minimum atomic E-state index is -0.869. The molecule has 3 nitrogen and oxygen atoms in total. The predicted octanol–water partition coefficient (Wildman–Crippen LogP) is 2.97. The van der Waals surface area contributed by atoms with E-state index in [4.69, 9.17) is 5.11 Å². The Morgan fingerprint density at radius 3 is 2.75 bits per heavy atom. The summed E-state index contributed by atoms with van der Waals surface area (Å²) < 4.78 is 1.10. The molecule has 1 aromatic heterocycles. The second-order valence-electron chi connectivity index (χ2n) is 4.35. The van der Waals surface area contributed by atoms with Crippen molar-refractivity contribution in [1.29, 1.82) is 0 Å². The summed E-state index contributed by atoms with van der Waals surface area (Å²) in [6.45, 7) is 5.36. The first-order valence-electron chi connectivity index (χ1n) is 5.02. The highest BCUT2D eigenvalue weighted by molar-refractivity contribution is 7.18. The molecule has 1 N–H and O–H groups in total. The molecule has 0 amide bonds. The molecule has 0 aliphatic heterocycles. The Hall–Kier alpha value is -1.42. The van der Waals surface area contributed by atoms with Crippen molar-refractivity contribution in [3.8, 4) is 0 Å². The van der Waals surface area contributed by atoms with E-state index in [-0.39, 0.29) is 0 Å². The van der Waals surface area contributed by atoms with Gasteiger partial charge in [0.15, 0.2) is 0 Å². The number of aliphatic carboxylic acids is 1. The lowest BCUT2D eigenvalue weighted by Crippen LogP contribution is -2.28. The van der Waals surface area contributed by atoms with E-state index < -0.39 is 11.4 Å². The summed E-state index contributed by atoms with van der Waals surface area (Å²) in [6.07, 6.45) is 0. The summed E-state index contributed by atoms with van der Waals surface area (Å²) in [5, 5.41) is 10.2. The number of fused-ring (bicyclic) bond motifs is 1. The highest BCUT2D eigenvalue weighted by Gasteiger charge is 2.29. The first-order valence-corrected chi connectivity index (χ1v) is 5.84. The van der Waals surface area contributed by atoms with Crippen molar-refractivity contribution in [3.63, 3.8) is 0 Å². The highest BCUT2D eigenvalue weighted by Crippen LogP contribution is 2.29. The predicted molar refractivity (Wildman–Crippen MR) is 65.0 cm³/mol. The molecule has 4 heteroatoms. The Balaban J connectivity index is 2.58. The van der Waals surface area contributed by atoms with Crippen LogP contribution in [-0.4, -0.2) is 16.1 Å². The van der Waals surface area contributed by atoms with Crippen LogP contribution in [0, 0.1) is 6.92 Å². The number of carboxylic acid groups (broad SMARTS) is 1. The number of benzene rings is 1. The van der Waals surface area contributed by atoms with Gasteiger partial charge < -0.3 is 5.11 Å². The van der Waals surface area contributed by atoms with Crippen molar-refractivity contribution in [3.05, 3.63) is 28.8 Å². The lowest BCUT2D eigenvalue weighted by molar-refractivity contribution is -0.142. The molecule has 0 unspecified atom stereocenters. The van der Waals surface area contributed by atoms with Gasteiger partial charge >= 0.3 is 5.97 Å². The smallest absolute Gasteiger partial charge is 0.313 e. The number of nitrogens with zero attached hydrogens (tertiary/aromatic N) is 1. The van der Waals surface area contributed by atoms with Crippen molar-refractivity contribution in [1.82, 2.24) is 4.98 Å². The third-order valence-corrected chi connectivity index (χ3v) is 3.70. The number of carboxylic acids is 1. The molecule has 0 atom stereocenters. The van der Waals surface area contributed by atoms with Crippen LogP contribution in [0.5, 0.6) is 0 Å². The van der Waals surface area contributed by atoms with Gasteiger partial charge in [-0.1, -0.05) is 6.07 Å². The summed E-state index contributed by atoms with van der Waals surface area (Å²) in [4.78, 5) is 15.5. The van der Waals surface area contributed by atoms with Crippen LogP contribution in [0.15, 0.2) is 18.2 Å². The van der Waals surface area contributed by atoms with Gasteiger partial charge in [0.25, 0.3) is 0 Å². The lowest BCUT2D eigenvalue weighted by Gasteiger charge is -2.19. The van der Waals surface area contributed by atoms with Gasteiger partial charge in [0.05, 0.1) is 20.6 Å². The average Bonchev–Trinajstić information content (AvgIpc) is 2.56. The number of aromatic nitrogens is 1. The Bertz CT molecular complexity index is 557. The molecule has 16 heavy (non-hydrogen) atoms. The normalized spacial score (nSPS) is 11.9. The van der Waals surface area contributed by atoms with Crippen LogP contribution in [0.4, 0.5) is 0 Å². The summed E-state index contributed by atoms with van der Waals surface area (Å²) in [7, 11) is 0. The van der Waals surface area contributed by atoms with Crippen LogP contribution < -0.4 is 0 Å². The summed E-state index contributed by atoms with van der Waals surface area (Å²) in [5.74, 6) is -0.821. The second-order valence-corrected chi connectivity index (χ2v) is 5.58. The molecule has 1 heterocycles. The van der Waals surface area contributed by atoms with E-state index in [9.17, 15) is 4.79 Å². The minimum absolute atomic E-state index is 0.790. The van der Waals surface area contributed by atoms with Crippen LogP contribution in [0.25, 0.3) is 10.2 Å². The Morgan fingerprint density at radius 2 is 2.12 bits per heavy atom. The fourth-order valence-corrected chi connectivity index (χ4v) is 2.36. The standard InChI is InChI=1S/C12H13NO2S/c1-7-13-9-6-8(4-5-10(9)16-7)12(2,3)11(14)15/h4-6H,1-3H3,(H,14,15). The van der Waals surface area contributed by atoms with E-state index in [1.165, 1.54) is 0 Å². The highest BCUT2D eigenvalue weighted by atomic mass is 32.1. The molecular formula is C12H13NO2S. The van der Waals surface area contributed by atoms with Crippen LogP contribution in [0.2, 0.25) is 0 Å². The molecule has 0 saturated carbocycles. The fourth-order valence-electron chi connectivity index (χ4n) is 1.55. The molecule has 2 rings (SSSR count). The van der Waals surface area contributed by atoms with Crippen molar-refractivity contribution < 1.29 is 9.90 Å². The van der Waals surface area contributed by atoms with E-state index in [0.29, 0.717) is 0 Å². The maximum absolute atomic E-state index is 11.1. The first kappa shape index (κ1) is 11.1. The van der Waals surface area contributed by atoms with Crippen LogP contribution in [0.1, 0.15) is 24.4 Å².